The molecule has 3 unspecified atom stereocenters. The monoisotopic (exact) mass is 472 g/mol. The van der Waals surface area contributed by atoms with Gasteiger partial charge in [0.25, 0.3) is 0 Å². The van der Waals surface area contributed by atoms with Crippen molar-refractivity contribution in [1.29, 1.82) is 0 Å². The number of piperidine rings is 1. The van der Waals surface area contributed by atoms with Crippen molar-refractivity contribution in [3.8, 4) is 0 Å². The van der Waals surface area contributed by atoms with Crippen LogP contribution in [0.15, 0.2) is 35.4 Å². The lowest BCUT2D eigenvalue weighted by Crippen LogP contribution is -2.55. The number of nitrogens with zero attached hydrogens (tertiary/aromatic N) is 4. The van der Waals surface area contributed by atoms with Crippen molar-refractivity contribution in [2.75, 3.05) is 60.5 Å². The van der Waals surface area contributed by atoms with Crippen LogP contribution in [0, 0.1) is 17.8 Å². The smallest absolute Gasteiger partial charge is 0.325 e. The number of urea groups is 1. The molecule has 0 saturated carbocycles. The van der Waals surface area contributed by atoms with Gasteiger partial charge in [0.05, 0.1) is 26.3 Å². The summed E-state index contributed by atoms with van der Waals surface area (Å²) in [5, 5.41) is 0. The van der Waals surface area contributed by atoms with Crippen LogP contribution in [0.2, 0.25) is 0 Å². The average molecular weight is 473 g/mol. The van der Waals surface area contributed by atoms with E-state index < -0.39 is 0 Å². The standard InChI is InChI=1S/C26H40N4O4/c1-7-27(4)17-23(31)28-11-9-26(10-12-28)22-13-18(3)24-19(14-20(33-5)15-21(24)34-6)16-29(22)25(32)30(26)8-2/h13-15,18-19,24H,7-12,16-17H2,1-6H3. The SMILES string of the molecule is CCN(C)CC(=O)N1CCC2(CC1)C1=CC(C)C3C(OC)=CC(OC)=CC3CN1C(=O)N2CC. The second-order valence-electron chi connectivity index (χ2n) is 10.0. The van der Waals surface area contributed by atoms with Crippen LogP contribution in [0.1, 0.15) is 33.6 Å². The summed E-state index contributed by atoms with van der Waals surface area (Å²) in [5.74, 6) is 2.33. The maximum atomic E-state index is 13.7. The average Bonchev–Trinajstić information content (AvgIpc) is 2.95. The molecule has 34 heavy (non-hydrogen) atoms. The van der Waals surface area contributed by atoms with Crippen molar-refractivity contribution >= 4 is 11.9 Å². The highest BCUT2D eigenvalue weighted by atomic mass is 16.5. The quantitative estimate of drug-likeness (QED) is 0.595. The number of hydrogen-bond donors (Lipinski definition) is 0. The third-order valence-electron chi connectivity index (χ3n) is 8.26. The van der Waals surface area contributed by atoms with Gasteiger partial charge in [0, 0.05) is 49.8 Å². The van der Waals surface area contributed by atoms with Gasteiger partial charge in [0.15, 0.2) is 0 Å². The van der Waals surface area contributed by atoms with Gasteiger partial charge in [0.2, 0.25) is 5.91 Å². The second kappa shape index (κ2) is 9.64. The van der Waals surface area contributed by atoms with E-state index in [1.807, 2.05) is 32.7 Å². The molecule has 3 amide bonds. The summed E-state index contributed by atoms with van der Waals surface area (Å²) in [7, 11) is 5.35. The molecule has 3 atom stereocenters. The summed E-state index contributed by atoms with van der Waals surface area (Å²) >= 11 is 0. The van der Waals surface area contributed by atoms with Crippen LogP contribution in [0.25, 0.3) is 0 Å². The minimum Gasteiger partial charge on any atom is -0.501 e. The first-order chi connectivity index (χ1) is 16.3. The summed E-state index contributed by atoms with van der Waals surface area (Å²) in [4.78, 5) is 34.6. The number of fused-ring (bicyclic) bond motifs is 3. The highest BCUT2D eigenvalue weighted by Gasteiger charge is 2.56. The Kier molecular flexibility index (Phi) is 6.99. The lowest BCUT2D eigenvalue weighted by atomic mass is 9.77. The molecule has 3 heterocycles. The van der Waals surface area contributed by atoms with Crippen LogP contribution in [-0.2, 0) is 14.3 Å². The van der Waals surface area contributed by atoms with E-state index in [0.717, 1.165) is 36.6 Å². The van der Waals surface area contributed by atoms with Crippen LogP contribution in [0.4, 0.5) is 4.79 Å². The number of likely N-dealkylation sites (tertiary alicyclic amines) is 1. The minimum atomic E-state index is -0.355. The number of amides is 3. The van der Waals surface area contributed by atoms with E-state index in [1.165, 1.54) is 0 Å². The lowest BCUT2D eigenvalue weighted by molar-refractivity contribution is -0.134. The largest absolute Gasteiger partial charge is 0.501 e. The van der Waals surface area contributed by atoms with Crippen molar-refractivity contribution in [3.63, 3.8) is 0 Å². The van der Waals surface area contributed by atoms with E-state index in [9.17, 15) is 9.59 Å². The highest BCUT2D eigenvalue weighted by molar-refractivity contribution is 5.83. The van der Waals surface area contributed by atoms with Gasteiger partial charge < -0.3 is 19.3 Å². The van der Waals surface area contributed by atoms with E-state index in [1.54, 1.807) is 14.2 Å². The Morgan fingerprint density at radius 3 is 2.47 bits per heavy atom. The van der Waals surface area contributed by atoms with Gasteiger partial charge in [-0.05, 0) is 45.4 Å². The molecule has 2 saturated heterocycles. The number of allylic oxidation sites excluding steroid dienone is 3. The molecule has 0 bridgehead atoms. The van der Waals surface area contributed by atoms with E-state index >= 15 is 0 Å². The number of methoxy groups -OCH3 is 2. The Labute approximate surface area is 203 Å². The Balaban J connectivity index is 1.64. The fourth-order valence-corrected chi connectivity index (χ4v) is 6.29. The molecule has 4 aliphatic rings. The molecular formula is C26H40N4O4. The maximum Gasteiger partial charge on any atom is 0.325 e. The zero-order valence-corrected chi connectivity index (χ0v) is 21.5. The third-order valence-corrected chi connectivity index (χ3v) is 8.26. The molecule has 8 nitrogen and oxygen atoms in total. The van der Waals surface area contributed by atoms with Crippen LogP contribution < -0.4 is 0 Å². The van der Waals surface area contributed by atoms with Crippen molar-refractivity contribution in [1.82, 2.24) is 19.6 Å². The number of likely N-dealkylation sites (N-methyl/N-ethyl adjacent to an activating group) is 2. The normalized spacial score (nSPS) is 28.2. The Bertz CT molecular complexity index is 902. The summed E-state index contributed by atoms with van der Waals surface area (Å²) in [5.41, 5.74) is 0.757. The number of hydrogen-bond acceptors (Lipinski definition) is 5. The van der Waals surface area contributed by atoms with Crippen LogP contribution in [-0.4, -0.2) is 97.6 Å². The van der Waals surface area contributed by atoms with Gasteiger partial charge in [-0.3, -0.25) is 14.6 Å². The highest BCUT2D eigenvalue weighted by Crippen LogP contribution is 2.49. The summed E-state index contributed by atoms with van der Waals surface area (Å²) in [6.45, 7) is 10.2. The Morgan fingerprint density at radius 2 is 1.88 bits per heavy atom. The molecule has 2 fully saturated rings. The Morgan fingerprint density at radius 1 is 1.18 bits per heavy atom. The first-order valence-electron chi connectivity index (χ1n) is 12.6. The van der Waals surface area contributed by atoms with E-state index in [2.05, 4.69) is 32.9 Å². The summed E-state index contributed by atoms with van der Waals surface area (Å²) in [6.07, 6.45) is 7.95. The summed E-state index contributed by atoms with van der Waals surface area (Å²) in [6, 6.07) is 0.0768. The molecular weight excluding hydrogens is 432 g/mol. The predicted molar refractivity (Wildman–Crippen MR) is 131 cm³/mol. The number of carbonyl (C=O) groups excluding carboxylic acids is 2. The van der Waals surface area contributed by atoms with Crippen molar-refractivity contribution in [2.24, 2.45) is 17.8 Å². The number of rotatable bonds is 6. The van der Waals surface area contributed by atoms with Crippen LogP contribution in [0.5, 0.6) is 0 Å². The minimum absolute atomic E-state index is 0.0768. The van der Waals surface area contributed by atoms with Gasteiger partial charge in [0.1, 0.15) is 11.5 Å². The molecule has 0 radical (unpaired) electrons. The molecule has 3 aliphatic heterocycles. The maximum absolute atomic E-state index is 13.7. The van der Waals surface area contributed by atoms with Crippen molar-refractivity contribution < 1.29 is 19.1 Å². The van der Waals surface area contributed by atoms with Gasteiger partial charge in [-0.2, -0.15) is 0 Å². The first kappa shape index (κ1) is 24.6. The fraction of sp³-hybridized carbons (Fsp3) is 0.692. The molecule has 188 valence electrons. The molecule has 0 aromatic rings. The number of ether oxygens (including phenoxy) is 2. The van der Waals surface area contributed by atoms with Crippen molar-refractivity contribution in [2.45, 2.75) is 39.2 Å². The zero-order chi connectivity index (χ0) is 24.6. The molecule has 0 N–H and O–H groups in total. The lowest BCUT2D eigenvalue weighted by Gasteiger charge is -2.44. The van der Waals surface area contributed by atoms with E-state index in [4.69, 9.17) is 9.47 Å². The summed E-state index contributed by atoms with van der Waals surface area (Å²) < 4.78 is 11.3. The van der Waals surface area contributed by atoms with Crippen LogP contribution >= 0.6 is 0 Å². The van der Waals surface area contributed by atoms with E-state index in [-0.39, 0.29) is 35.2 Å². The first-order valence-corrected chi connectivity index (χ1v) is 12.6. The molecule has 4 rings (SSSR count). The third kappa shape index (κ3) is 4.00. The van der Waals surface area contributed by atoms with Gasteiger partial charge in [-0.15, -0.1) is 0 Å². The van der Waals surface area contributed by atoms with Crippen LogP contribution in [0.3, 0.4) is 0 Å². The topological polar surface area (TPSA) is 65.6 Å². The van der Waals surface area contributed by atoms with Gasteiger partial charge in [-0.25, -0.2) is 4.79 Å². The Hall–Kier alpha value is -2.48. The van der Waals surface area contributed by atoms with Crippen molar-refractivity contribution in [3.05, 3.63) is 35.4 Å². The molecule has 8 heteroatoms. The molecule has 0 aromatic heterocycles. The zero-order valence-electron chi connectivity index (χ0n) is 21.5. The van der Waals surface area contributed by atoms with Gasteiger partial charge in [-0.1, -0.05) is 19.9 Å². The van der Waals surface area contributed by atoms with Gasteiger partial charge >= 0.3 is 6.03 Å². The fourth-order valence-electron chi connectivity index (χ4n) is 6.29. The second-order valence-corrected chi connectivity index (χ2v) is 10.0. The molecule has 0 aromatic carbocycles. The molecule has 1 spiro atoms. The predicted octanol–water partition coefficient (Wildman–Crippen LogP) is 2.90. The van der Waals surface area contributed by atoms with E-state index in [0.29, 0.717) is 32.7 Å². The number of carbonyl (C=O) groups is 2. The molecule has 1 aliphatic carbocycles.